The van der Waals surface area contributed by atoms with Crippen molar-refractivity contribution in [3.63, 3.8) is 0 Å². The number of aromatic nitrogens is 2. The SMILES string of the molecule is CCN1C(=O)N[C@](C)([C@@H]2CCCN(Cc3nnc(C4CC4)o3)C2)C1=O. The summed E-state index contributed by atoms with van der Waals surface area (Å²) in [6.07, 6.45) is 4.19. The van der Waals surface area contributed by atoms with E-state index in [9.17, 15) is 9.59 Å². The molecule has 0 spiro atoms. The van der Waals surface area contributed by atoms with E-state index >= 15 is 0 Å². The van der Waals surface area contributed by atoms with Crippen molar-refractivity contribution in [2.24, 2.45) is 5.92 Å². The molecule has 25 heavy (non-hydrogen) atoms. The van der Waals surface area contributed by atoms with E-state index in [2.05, 4.69) is 20.4 Å². The largest absolute Gasteiger partial charge is 0.424 e. The molecule has 0 aromatic carbocycles. The summed E-state index contributed by atoms with van der Waals surface area (Å²) in [5.41, 5.74) is -0.820. The van der Waals surface area contributed by atoms with Gasteiger partial charge in [0.15, 0.2) is 0 Å². The molecule has 8 heteroatoms. The van der Waals surface area contributed by atoms with Crippen molar-refractivity contribution >= 4 is 11.9 Å². The van der Waals surface area contributed by atoms with E-state index in [1.165, 1.54) is 4.90 Å². The highest BCUT2D eigenvalue weighted by molar-refractivity contribution is 6.07. The van der Waals surface area contributed by atoms with Crippen LogP contribution in [0.2, 0.25) is 0 Å². The lowest BCUT2D eigenvalue weighted by molar-refractivity contribution is -0.133. The van der Waals surface area contributed by atoms with E-state index in [-0.39, 0.29) is 17.9 Å². The number of carbonyl (C=O) groups is 2. The molecule has 1 saturated carbocycles. The second kappa shape index (κ2) is 6.09. The van der Waals surface area contributed by atoms with Crippen molar-refractivity contribution in [1.82, 2.24) is 25.3 Å². The van der Waals surface area contributed by atoms with E-state index in [4.69, 9.17) is 4.42 Å². The number of imide groups is 1. The van der Waals surface area contributed by atoms with Gasteiger partial charge in [-0.1, -0.05) is 0 Å². The molecule has 1 N–H and O–H groups in total. The molecule has 8 nitrogen and oxygen atoms in total. The fourth-order valence-electron chi connectivity index (χ4n) is 3.97. The summed E-state index contributed by atoms with van der Waals surface area (Å²) in [5, 5.41) is 11.2. The molecule has 2 atom stereocenters. The molecule has 3 heterocycles. The molecule has 1 aliphatic carbocycles. The zero-order chi connectivity index (χ0) is 17.6. The normalized spacial score (nSPS) is 30.8. The van der Waals surface area contributed by atoms with E-state index < -0.39 is 5.54 Å². The Morgan fingerprint density at radius 3 is 2.76 bits per heavy atom. The fourth-order valence-corrected chi connectivity index (χ4v) is 3.97. The number of urea groups is 1. The molecule has 3 amide bonds. The van der Waals surface area contributed by atoms with Gasteiger partial charge in [-0.3, -0.25) is 14.6 Å². The first-order chi connectivity index (χ1) is 12.0. The van der Waals surface area contributed by atoms with Crippen molar-refractivity contribution < 1.29 is 14.0 Å². The summed E-state index contributed by atoms with van der Waals surface area (Å²) in [6, 6.07) is -0.280. The Hall–Kier alpha value is -1.96. The third-order valence-electron chi connectivity index (χ3n) is 5.71. The molecule has 0 bridgehead atoms. The first kappa shape index (κ1) is 16.5. The van der Waals surface area contributed by atoms with Gasteiger partial charge < -0.3 is 9.73 Å². The molecule has 3 fully saturated rings. The van der Waals surface area contributed by atoms with Crippen LogP contribution in [-0.4, -0.2) is 57.1 Å². The molecule has 0 unspecified atom stereocenters. The maximum Gasteiger partial charge on any atom is 0.325 e. The van der Waals surface area contributed by atoms with Crippen molar-refractivity contribution in [1.29, 1.82) is 0 Å². The maximum absolute atomic E-state index is 12.7. The van der Waals surface area contributed by atoms with Gasteiger partial charge in [0.2, 0.25) is 11.8 Å². The number of piperidine rings is 1. The van der Waals surface area contributed by atoms with E-state index in [1.54, 1.807) is 0 Å². The molecule has 3 aliphatic rings. The monoisotopic (exact) mass is 347 g/mol. The molecule has 0 radical (unpaired) electrons. The van der Waals surface area contributed by atoms with Gasteiger partial charge in [-0.25, -0.2) is 4.79 Å². The predicted molar refractivity (Wildman–Crippen MR) is 88.6 cm³/mol. The Labute approximate surface area is 146 Å². The third kappa shape index (κ3) is 2.92. The zero-order valence-corrected chi connectivity index (χ0v) is 14.8. The first-order valence-electron chi connectivity index (χ1n) is 9.20. The minimum Gasteiger partial charge on any atom is -0.424 e. The lowest BCUT2D eigenvalue weighted by Crippen LogP contribution is -2.55. The number of nitrogens with zero attached hydrogens (tertiary/aromatic N) is 4. The van der Waals surface area contributed by atoms with Crippen LogP contribution in [0.5, 0.6) is 0 Å². The average molecular weight is 347 g/mol. The number of nitrogens with one attached hydrogen (secondary N) is 1. The second-order valence-electron chi connectivity index (χ2n) is 7.56. The Morgan fingerprint density at radius 2 is 2.08 bits per heavy atom. The van der Waals surface area contributed by atoms with Crippen LogP contribution in [0.3, 0.4) is 0 Å². The van der Waals surface area contributed by atoms with Gasteiger partial charge >= 0.3 is 6.03 Å². The summed E-state index contributed by atoms with van der Waals surface area (Å²) in [7, 11) is 0. The quantitative estimate of drug-likeness (QED) is 0.812. The fraction of sp³-hybridized carbons (Fsp3) is 0.765. The van der Waals surface area contributed by atoms with Gasteiger partial charge in [0.25, 0.3) is 5.91 Å². The summed E-state index contributed by atoms with van der Waals surface area (Å²) in [5.74, 6) is 1.83. The van der Waals surface area contributed by atoms with Gasteiger partial charge in [0.1, 0.15) is 5.54 Å². The molecule has 4 rings (SSSR count). The van der Waals surface area contributed by atoms with Gasteiger partial charge in [-0.2, -0.15) is 0 Å². The van der Waals surface area contributed by atoms with Crippen LogP contribution in [0, 0.1) is 5.92 Å². The summed E-state index contributed by atoms with van der Waals surface area (Å²) < 4.78 is 5.76. The van der Waals surface area contributed by atoms with Gasteiger partial charge in [-0.05, 0) is 46.1 Å². The van der Waals surface area contributed by atoms with Crippen LogP contribution in [0.1, 0.15) is 57.2 Å². The smallest absolute Gasteiger partial charge is 0.325 e. The number of hydrogen-bond acceptors (Lipinski definition) is 6. The van der Waals surface area contributed by atoms with E-state index in [0.29, 0.717) is 24.9 Å². The van der Waals surface area contributed by atoms with E-state index in [0.717, 1.165) is 44.7 Å². The molecule has 2 saturated heterocycles. The highest BCUT2D eigenvalue weighted by Crippen LogP contribution is 2.39. The Balaban J connectivity index is 1.43. The molecular weight excluding hydrogens is 322 g/mol. The number of amides is 3. The minimum atomic E-state index is -0.820. The Bertz CT molecular complexity index is 686. The van der Waals surface area contributed by atoms with Crippen LogP contribution < -0.4 is 5.32 Å². The standard InChI is InChI=1S/C17H25N5O3/c1-3-22-15(23)17(2,18-16(22)24)12-5-4-8-21(9-12)10-13-19-20-14(25-13)11-6-7-11/h11-12H,3-10H2,1-2H3,(H,18,24)/t12-,17-/m1/s1. The minimum absolute atomic E-state index is 0.0834. The van der Waals surface area contributed by atoms with Crippen molar-refractivity contribution in [2.45, 2.75) is 57.5 Å². The summed E-state index contributed by atoms with van der Waals surface area (Å²) in [4.78, 5) is 28.3. The predicted octanol–water partition coefficient (Wildman–Crippen LogP) is 1.49. The number of carbonyl (C=O) groups excluding carboxylic acids is 2. The summed E-state index contributed by atoms with van der Waals surface area (Å²) in [6.45, 7) is 6.36. The number of rotatable bonds is 5. The molecule has 2 aliphatic heterocycles. The Kier molecular flexibility index (Phi) is 4.02. The summed E-state index contributed by atoms with van der Waals surface area (Å²) >= 11 is 0. The topological polar surface area (TPSA) is 91.6 Å². The lowest BCUT2D eigenvalue weighted by Gasteiger charge is -2.39. The maximum atomic E-state index is 12.7. The number of likely N-dealkylation sites (N-methyl/N-ethyl adjacent to an activating group) is 1. The van der Waals surface area contributed by atoms with Gasteiger partial charge in [0.05, 0.1) is 6.54 Å². The zero-order valence-electron chi connectivity index (χ0n) is 14.8. The first-order valence-corrected chi connectivity index (χ1v) is 9.20. The van der Waals surface area contributed by atoms with Crippen LogP contribution >= 0.6 is 0 Å². The highest BCUT2D eigenvalue weighted by Gasteiger charge is 2.52. The van der Waals surface area contributed by atoms with Crippen molar-refractivity contribution in [3.8, 4) is 0 Å². The van der Waals surface area contributed by atoms with Crippen LogP contribution in [0.25, 0.3) is 0 Å². The second-order valence-corrected chi connectivity index (χ2v) is 7.56. The third-order valence-corrected chi connectivity index (χ3v) is 5.71. The van der Waals surface area contributed by atoms with Gasteiger partial charge in [0, 0.05) is 24.9 Å². The van der Waals surface area contributed by atoms with Gasteiger partial charge in [-0.15, -0.1) is 10.2 Å². The average Bonchev–Trinajstić information content (AvgIpc) is 3.30. The van der Waals surface area contributed by atoms with Crippen LogP contribution in [0.4, 0.5) is 4.79 Å². The van der Waals surface area contributed by atoms with Crippen molar-refractivity contribution in [3.05, 3.63) is 11.8 Å². The van der Waals surface area contributed by atoms with Crippen molar-refractivity contribution in [2.75, 3.05) is 19.6 Å². The molecule has 136 valence electrons. The van der Waals surface area contributed by atoms with E-state index in [1.807, 2.05) is 13.8 Å². The molecule has 1 aromatic heterocycles. The molecular formula is C17H25N5O3. The number of likely N-dealkylation sites (tertiary alicyclic amines) is 1. The van der Waals surface area contributed by atoms with Crippen LogP contribution in [-0.2, 0) is 11.3 Å². The van der Waals surface area contributed by atoms with Crippen LogP contribution in [0.15, 0.2) is 4.42 Å². The number of hydrogen-bond donors (Lipinski definition) is 1. The lowest BCUT2D eigenvalue weighted by atomic mass is 9.80. The molecule has 1 aromatic rings. The Morgan fingerprint density at radius 1 is 1.28 bits per heavy atom. The highest BCUT2D eigenvalue weighted by atomic mass is 16.4.